The van der Waals surface area contributed by atoms with Crippen molar-refractivity contribution >= 4 is 17.5 Å². The molecule has 26 heavy (non-hydrogen) atoms. The van der Waals surface area contributed by atoms with Crippen molar-refractivity contribution in [1.29, 1.82) is 10.5 Å². The maximum absolute atomic E-state index is 12.6. The van der Waals surface area contributed by atoms with Gasteiger partial charge in [-0.1, -0.05) is 42.5 Å². The van der Waals surface area contributed by atoms with Gasteiger partial charge in [0.25, 0.3) is 5.91 Å². The summed E-state index contributed by atoms with van der Waals surface area (Å²) < 4.78 is 0. The zero-order valence-electron chi connectivity index (χ0n) is 13.4. The van der Waals surface area contributed by atoms with Crippen LogP contribution in [0.4, 0.5) is 0 Å². The topological polar surface area (TPSA) is 123 Å². The highest BCUT2D eigenvalue weighted by molar-refractivity contribution is 6.27. The lowest BCUT2D eigenvalue weighted by molar-refractivity contribution is 0.0762. The van der Waals surface area contributed by atoms with Crippen molar-refractivity contribution < 1.29 is 14.4 Å². The number of rotatable bonds is 4. The first kappa shape index (κ1) is 17.0. The molecule has 2 aromatic rings. The van der Waals surface area contributed by atoms with E-state index >= 15 is 0 Å². The Morgan fingerprint density at radius 2 is 1.38 bits per heavy atom. The van der Waals surface area contributed by atoms with Gasteiger partial charge in [0.05, 0.1) is 0 Å². The first-order valence-electron chi connectivity index (χ1n) is 7.66. The van der Waals surface area contributed by atoms with Crippen LogP contribution < -0.4 is 10.9 Å². The summed E-state index contributed by atoms with van der Waals surface area (Å²) in [4.78, 5) is 37.4. The summed E-state index contributed by atoms with van der Waals surface area (Å²) in [7, 11) is 0. The van der Waals surface area contributed by atoms with E-state index in [1.165, 1.54) is 12.1 Å². The fourth-order valence-corrected chi connectivity index (χ4v) is 2.84. The molecule has 1 aliphatic carbocycles. The first-order chi connectivity index (χ1) is 12.5. The summed E-state index contributed by atoms with van der Waals surface area (Å²) in [5.41, 5.74) is 2.94. The van der Waals surface area contributed by atoms with Crippen LogP contribution in [0, 0.1) is 28.6 Å². The van der Waals surface area contributed by atoms with E-state index in [0.29, 0.717) is 0 Å². The van der Waals surface area contributed by atoms with Crippen molar-refractivity contribution in [2.24, 2.45) is 5.92 Å². The number of carbonyl (C=O) groups excluding carboxylic acids is 3. The van der Waals surface area contributed by atoms with E-state index in [0.717, 1.165) is 0 Å². The molecule has 126 valence electrons. The SMILES string of the molecule is N#CC(C#N)(NNC(=O)c1ccccc1)C1C(=O)c2ccccc2C1=O. The van der Waals surface area contributed by atoms with Gasteiger partial charge < -0.3 is 0 Å². The highest BCUT2D eigenvalue weighted by Crippen LogP contribution is 2.33. The molecule has 2 aromatic carbocycles. The summed E-state index contributed by atoms with van der Waals surface area (Å²) in [5, 5.41) is 19.1. The van der Waals surface area contributed by atoms with E-state index in [2.05, 4.69) is 10.9 Å². The van der Waals surface area contributed by atoms with Gasteiger partial charge in [-0.25, -0.2) is 5.43 Å². The Bertz CT molecular complexity index is 937. The van der Waals surface area contributed by atoms with Gasteiger partial charge in [0.15, 0.2) is 11.6 Å². The number of hydrazine groups is 1. The molecule has 0 heterocycles. The average Bonchev–Trinajstić information content (AvgIpc) is 2.95. The van der Waals surface area contributed by atoms with Crippen molar-refractivity contribution in [2.45, 2.75) is 5.54 Å². The fraction of sp³-hybridized carbons (Fsp3) is 0.105. The van der Waals surface area contributed by atoms with Crippen molar-refractivity contribution in [1.82, 2.24) is 10.9 Å². The van der Waals surface area contributed by atoms with Crippen molar-refractivity contribution in [2.75, 3.05) is 0 Å². The number of carbonyl (C=O) groups is 3. The van der Waals surface area contributed by atoms with E-state index in [4.69, 9.17) is 0 Å². The van der Waals surface area contributed by atoms with E-state index in [1.54, 1.807) is 54.6 Å². The number of benzene rings is 2. The number of ketones is 2. The maximum Gasteiger partial charge on any atom is 0.265 e. The first-order valence-corrected chi connectivity index (χ1v) is 7.66. The second kappa shape index (κ2) is 6.60. The van der Waals surface area contributed by atoms with Crippen LogP contribution in [0.1, 0.15) is 31.1 Å². The zero-order valence-corrected chi connectivity index (χ0v) is 13.4. The molecule has 0 aromatic heterocycles. The van der Waals surface area contributed by atoms with Crippen LogP contribution in [0.25, 0.3) is 0 Å². The Kier molecular flexibility index (Phi) is 4.32. The molecule has 1 aliphatic rings. The highest BCUT2D eigenvalue weighted by Gasteiger charge is 2.54. The van der Waals surface area contributed by atoms with E-state index in [1.807, 2.05) is 0 Å². The van der Waals surface area contributed by atoms with Gasteiger partial charge in [-0.3, -0.25) is 19.8 Å². The number of nitriles is 2. The predicted octanol–water partition coefficient (Wildman–Crippen LogP) is 1.40. The van der Waals surface area contributed by atoms with E-state index in [9.17, 15) is 24.9 Å². The van der Waals surface area contributed by atoms with Crippen molar-refractivity contribution in [3.05, 3.63) is 71.3 Å². The quantitative estimate of drug-likeness (QED) is 0.638. The molecule has 0 atom stereocenters. The Morgan fingerprint density at radius 1 is 0.885 bits per heavy atom. The molecule has 0 bridgehead atoms. The van der Waals surface area contributed by atoms with Crippen LogP contribution in [-0.4, -0.2) is 23.0 Å². The Balaban J connectivity index is 1.89. The third-order valence-corrected chi connectivity index (χ3v) is 4.18. The van der Waals surface area contributed by atoms with Gasteiger partial charge in [-0.2, -0.15) is 10.5 Å². The lowest BCUT2D eigenvalue weighted by Gasteiger charge is -2.24. The van der Waals surface area contributed by atoms with Crippen molar-refractivity contribution in [3.63, 3.8) is 0 Å². The van der Waals surface area contributed by atoms with Crippen LogP contribution in [0.15, 0.2) is 54.6 Å². The third kappa shape index (κ3) is 2.63. The molecule has 2 N–H and O–H groups in total. The molecule has 7 heteroatoms. The summed E-state index contributed by atoms with van der Waals surface area (Å²) in [6.45, 7) is 0. The molecule has 0 saturated carbocycles. The molecule has 0 unspecified atom stereocenters. The zero-order chi connectivity index (χ0) is 18.7. The Morgan fingerprint density at radius 3 is 1.88 bits per heavy atom. The average molecular weight is 344 g/mol. The number of amides is 1. The molecular weight excluding hydrogens is 332 g/mol. The number of nitrogens with one attached hydrogen (secondary N) is 2. The summed E-state index contributed by atoms with van der Waals surface area (Å²) in [6.07, 6.45) is 0. The molecule has 0 saturated heterocycles. The van der Waals surface area contributed by atoms with Gasteiger partial charge >= 0.3 is 0 Å². The van der Waals surface area contributed by atoms with Crippen LogP contribution in [0.3, 0.4) is 0 Å². The van der Waals surface area contributed by atoms with Crippen LogP contribution in [0.2, 0.25) is 0 Å². The van der Waals surface area contributed by atoms with Crippen LogP contribution in [0.5, 0.6) is 0 Å². The second-order valence-electron chi connectivity index (χ2n) is 5.68. The third-order valence-electron chi connectivity index (χ3n) is 4.18. The minimum Gasteiger partial charge on any atom is -0.293 e. The molecule has 0 aliphatic heterocycles. The minimum atomic E-state index is -2.22. The number of fused-ring (bicyclic) bond motifs is 1. The lowest BCUT2D eigenvalue weighted by Crippen LogP contribution is -2.59. The summed E-state index contributed by atoms with van der Waals surface area (Å²) in [5.74, 6) is -3.42. The van der Waals surface area contributed by atoms with Gasteiger partial charge in [-0.05, 0) is 12.1 Å². The van der Waals surface area contributed by atoms with Crippen LogP contribution in [-0.2, 0) is 0 Å². The standard InChI is InChI=1S/C19H12N4O3/c20-10-19(11-21,23-22-18(26)12-6-2-1-3-7-12)15-16(24)13-8-4-5-9-14(13)17(15)25/h1-9,15,23H,(H,22,26). The molecule has 1 amide bonds. The molecular formula is C19H12N4O3. The van der Waals surface area contributed by atoms with E-state index < -0.39 is 28.9 Å². The monoisotopic (exact) mass is 344 g/mol. The van der Waals surface area contributed by atoms with Gasteiger partial charge in [0, 0.05) is 16.7 Å². The number of hydrogen-bond donors (Lipinski definition) is 2. The molecule has 0 radical (unpaired) electrons. The van der Waals surface area contributed by atoms with E-state index in [-0.39, 0.29) is 16.7 Å². The lowest BCUT2D eigenvalue weighted by atomic mass is 9.83. The Hall–Kier alpha value is -3.81. The van der Waals surface area contributed by atoms with Crippen molar-refractivity contribution in [3.8, 4) is 12.1 Å². The normalized spacial score (nSPS) is 13.6. The van der Waals surface area contributed by atoms with Crippen LogP contribution >= 0.6 is 0 Å². The highest BCUT2D eigenvalue weighted by atomic mass is 16.2. The molecule has 0 spiro atoms. The summed E-state index contributed by atoms with van der Waals surface area (Å²) >= 11 is 0. The Labute approximate surface area is 148 Å². The van der Waals surface area contributed by atoms with Gasteiger partial charge in [0.1, 0.15) is 18.1 Å². The van der Waals surface area contributed by atoms with Gasteiger partial charge in [-0.15, -0.1) is 0 Å². The van der Waals surface area contributed by atoms with Gasteiger partial charge in [0.2, 0.25) is 5.54 Å². The second-order valence-corrected chi connectivity index (χ2v) is 5.68. The molecule has 3 rings (SSSR count). The fourth-order valence-electron chi connectivity index (χ4n) is 2.84. The minimum absolute atomic E-state index is 0.161. The summed E-state index contributed by atoms with van der Waals surface area (Å²) in [6, 6.07) is 17.6. The number of Topliss-reactive ketones (excluding diaryl/α,β-unsaturated/α-hetero) is 2. The molecule has 7 nitrogen and oxygen atoms in total. The predicted molar refractivity (Wildman–Crippen MR) is 89.6 cm³/mol. The maximum atomic E-state index is 12.6. The largest absolute Gasteiger partial charge is 0.293 e. The number of nitrogens with zero attached hydrogens (tertiary/aromatic N) is 2. The number of hydrogen-bond acceptors (Lipinski definition) is 6. The molecule has 0 fully saturated rings. The smallest absolute Gasteiger partial charge is 0.265 e.